The number of carboxylic acid groups (broad SMARTS) is 2. The molecule has 0 unspecified atom stereocenters. The van der Waals surface area contributed by atoms with Crippen molar-refractivity contribution >= 4 is 11.9 Å². The maximum Gasteiger partial charge on any atom is 1.00 e. The third kappa shape index (κ3) is 13.6. The Hall–Kier alpha value is 0.576. The molecule has 0 N–H and O–H groups in total. The van der Waals surface area contributed by atoms with Crippen LogP contribution in [0.3, 0.4) is 0 Å². The first-order valence-electron chi connectivity index (χ1n) is 3.02. The van der Waals surface area contributed by atoms with Crippen molar-refractivity contribution in [3.63, 3.8) is 0 Å². The van der Waals surface area contributed by atoms with Gasteiger partial charge in [-0.15, -0.1) is 0 Å². The van der Waals surface area contributed by atoms with E-state index in [0.717, 1.165) is 0 Å². The smallest absolute Gasteiger partial charge is 0.550 e. The first kappa shape index (κ1) is 14.1. The second-order valence-electron chi connectivity index (χ2n) is 1.95. The van der Waals surface area contributed by atoms with Gasteiger partial charge in [0.25, 0.3) is 0 Å². The molecular formula is C6H9KO4. The molecule has 0 aromatic rings. The fraction of sp³-hybridized carbons (Fsp3) is 0.667. The minimum Gasteiger partial charge on any atom is -0.550 e. The first-order chi connectivity index (χ1) is 4.63. The van der Waals surface area contributed by atoms with Gasteiger partial charge < -0.3 is 19.8 Å². The molecule has 4 nitrogen and oxygen atoms in total. The van der Waals surface area contributed by atoms with Gasteiger partial charge >= 0.3 is 52.8 Å². The zero-order chi connectivity index (χ0) is 7.98. The number of hydrogen-bond donors (Lipinski definition) is 0. The van der Waals surface area contributed by atoms with E-state index < -0.39 is 11.9 Å². The molecule has 0 atom stereocenters. The molecule has 5 heteroatoms. The van der Waals surface area contributed by atoms with Gasteiger partial charge in [-0.2, -0.15) is 0 Å². The second kappa shape index (κ2) is 8.67. The van der Waals surface area contributed by atoms with Crippen LogP contribution < -0.4 is 61.6 Å². The Balaban J connectivity index is -0.000000405. The van der Waals surface area contributed by atoms with Crippen LogP contribution in [-0.2, 0) is 9.59 Å². The molecule has 0 saturated heterocycles. The van der Waals surface area contributed by atoms with Crippen LogP contribution in [0.5, 0.6) is 0 Å². The van der Waals surface area contributed by atoms with E-state index in [1.165, 1.54) is 0 Å². The van der Waals surface area contributed by atoms with E-state index >= 15 is 0 Å². The van der Waals surface area contributed by atoms with E-state index in [4.69, 9.17) is 0 Å². The van der Waals surface area contributed by atoms with Crippen LogP contribution in [0.4, 0.5) is 0 Å². The van der Waals surface area contributed by atoms with Gasteiger partial charge in [-0.3, -0.25) is 0 Å². The summed E-state index contributed by atoms with van der Waals surface area (Å²) in [5.41, 5.74) is 0. The monoisotopic (exact) mass is 184 g/mol. The minimum atomic E-state index is -1.14. The largest absolute Gasteiger partial charge is 1.00 e. The zero-order valence-corrected chi connectivity index (χ0v) is 9.58. The van der Waals surface area contributed by atoms with Gasteiger partial charge in [0.1, 0.15) is 0 Å². The molecule has 0 aromatic carbocycles. The molecule has 0 fully saturated rings. The Bertz CT molecular complexity index is 124. The summed E-state index contributed by atoms with van der Waals surface area (Å²) in [5, 5.41) is 19.5. The van der Waals surface area contributed by atoms with E-state index in [-0.39, 0.29) is 65.7 Å². The van der Waals surface area contributed by atoms with Gasteiger partial charge in [0.05, 0.1) is 0 Å². The fourth-order valence-electron chi connectivity index (χ4n) is 0.539. The van der Waals surface area contributed by atoms with Crippen molar-refractivity contribution in [1.29, 1.82) is 0 Å². The Morgan fingerprint density at radius 1 is 1.00 bits per heavy atom. The molecule has 0 bridgehead atoms. The molecule has 0 rings (SSSR count). The molecule has 0 aromatic heterocycles. The summed E-state index contributed by atoms with van der Waals surface area (Å²) in [5.74, 6) is -2.28. The van der Waals surface area contributed by atoms with Crippen molar-refractivity contribution in [2.75, 3.05) is 0 Å². The number of unbranched alkanes of at least 4 members (excludes halogenated alkanes) is 1. The molecular weight excluding hydrogens is 175 g/mol. The summed E-state index contributed by atoms with van der Waals surface area (Å²) >= 11 is 0. The molecule has 0 aliphatic carbocycles. The topological polar surface area (TPSA) is 80.3 Å². The fourth-order valence-corrected chi connectivity index (χ4v) is 0.539. The Morgan fingerprint density at radius 3 is 1.45 bits per heavy atom. The van der Waals surface area contributed by atoms with E-state index in [1.807, 2.05) is 0 Å². The van der Waals surface area contributed by atoms with E-state index in [1.54, 1.807) is 0 Å². The quantitative estimate of drug-likeness (QED) is 0.317. The van der Waals surface area contributed by atoms with Crippen LogP contribution in [-0.4, -0.2) is 11.9 Å². The van der Waals surface area contributed by atoms with Crippen LogP contribution in [0.2, 0.25) is 0 Å². The molecule has 0 aliphatic rings. The second-order valence-corrected chi connectivity index (χ2v) is 1.95. The van der Waals surface area contributed by atoms with Gasteiger partial charge in [-0.1, -0.05) is 0 Å². The van der Waals surface area contributed by atoms with E-state index in [2.05, 4.69) is 0 Å². The average Bonchev–Trinajstić information content (AvgIpc) is 1.79. The Labute approximate surface area is 109 Å². The summed E-state index contributed by atoms with van der Waals surface area (Å²) in [4.78, 5) is 19.5. The summed E-state index contributed by atoms with van der Waals surface area (Å²) in [6.07, 6.45) is 0.535. The van der Waals surface area contributed by atoms with Crippen molar-refractivity contribution in [3.8, 4) is 0 Å². The number of carboxylic acids is 2. The third-order valence-corrected chi connectivity index (χ3v) is 1.01. The van der Waals surface area contributed by atoms with Crippen LogP contribution in [0.15, 0.2) is 0 Å². The van der Waals surface area contributed by atoms with Crippen molar-refractivity contribution in [1.82, 2.24) is 0 Å². The molecule has 0 radical (unpaired) electrons. The number of hydrogen-bond acceptors (Lipinski definition) is 4. The van der Waals surface area contributed by atoms with Crippen molar-refractivity contribution in [2.45, 2.75) is 25.7 Å². The number of carbonyl (C=O) groups is 2. The van der Waals surface area contributed by atoms with E-state index in [0.29, 0.717) is 12.8 Å². The number of aliphatic carboxylic acids is 2. The first-order valence-corrected chi connectivity index (χ1v) is 3.02. The predicted octanol–water partition coefficient (Wildman–Crippen LogP) is -4.84. The SMILES string of the molecule is O=C([O-])CCCCC(=O)[O-].[H+].[K+]. The molecule has 0 aliphatic heterocycles. The molecule has 58 valence electrons. The Kier molecular flexibility index (Phi) is 11.1. The zero-order valence-electron chi connectivity index (χ0n) is 7.46. The third-order valence-electron chi connectivity index (χ3n) is 1.01. The van der Waals surface area contributed by atoms with Crippen molar-refractivity contribution in [3.05, 3.63) is 0 Å². The summed E-state index contributed by atoms with van der Waals surface area (Å²) in [6.45, 7) is 0. The van der Waals surface area contributed by atoms with Gasteiger partial charge in [0, 0.05) is 11.9 Å². The molecule has 0 amide bonds. The summed E-state index contributed by atoms with van der Waals surface area (Å²) in [7, 11) is 0. The predicted molar refractivity (Wildman–Crippen MR) is 29.6 cm³/mol. The molecule has 0 heterocycles. The minimum absolute atomic E-state index is 0. The van der Waals surface area contributed by atoms with Gasteiger partial charge in [-0.05, 0) is 25.7 Å². The van der Waals surface area contributed by atoms with Crippen LogP contribution in [0.1, 0.15) is 27.1 Å². The van der Waals surface area contributed by atoms with Crippen LogP contribution >= 0.6 is 0 Å². The summed E-state index contributed by atoms with van der Waals surface area (Å²) < 4.78 is 0. The number of carbonyl (C=O) groups excluding carboxylic acids is 2. The van der Waals surface area contributed by atoms with Gasteiger partial charge in [0.2, 0.25) is 0 Å². The van der Waals surface area contributed by atoms with Gasteiger partial charge in [-0.25, -0.2) is 0 Å². The van der Waals surface area contributed by atoms with Gasteiger partial charge in [0.15, 0.2) is 0 Å². The molecule has 11 heavy (non-hydrogen) atoms. The molecule has 0 spiro atoms. The van der Waals surface area contributed by atoms with E-state index in [9.17, 15) is 19.8 Å². The maximum atomic E-state index is 9.77. The van der Waals surface area contributed by atoms with Crippen molar-refractivity contribution in [2.24, 2.45) is 0 Å². The van der Waals surface area contributed by atoms with Crippen molar-refractivity contribution < 1.29 is 72.6 Å². The maximum absolute atomic E-state index is 9.77. The normalized spacial score (nSPS) is 8.36. The average molecular weight is 184 g/mol. The van der Waals surface area contributed by atoms with Crippen LogP contribution in [0.25, 0.3) is 0 Å². The molecule has 0 saturated carbocycles. The standard InChI is InChI=1S/C6H10O4.K/c7-5(8)3-1-2-4-6(9)10;/h1-4H2,(H,7,8)(H,9,10);/q;+1/p-1. The van der Waals surface area contributed by atoms with Crippen LogP contribution in [0, 0.1) is 0 Å². The Morgan fingerprint density at radius 2 is 1.27 bits per heavy atom. The number of rotatable bonds is 5. The summed E-state index contributed by atoms with van der Waals surface area (Å²) in [6, 6.07) is 0.